The molecule has 0 amide bonds. The average molecular weight is 239 g/mol. The highest BCUT2D eigenvalue weighted by atomic mass is 32.1. The number of thiocarbonyl (C=S) groups is 1. The van der Waals surface area contributed by atoms with Gasteiger partial charge in [-0.05, 0) is 36.6 Å². The molecular weight excluding hydrogens is 222 g/mol. The van der Waals surface area contributed by atoms with Gasteiger partial charge in [0.05, 0.1) is 6.61 Å². The van der Waals surface area contributed by atoms with Gasteiger partial charge in [-0.2, -0.15) is 0 Å². The molecule has 2 rings (SSSR count). The Labute approximate surface area is 101 Å². The summed E-state index contributed by atoms with van der Waals surface area (Å²) >= 11 is 5.10. The largest absolute Gasteiger partial charge is 0.383 e. The van der Waals surface area contributed by atoms with E-state index in [0.29, 0.717) is 11.7 Å². The van der Waals surface area contributed by atoms with E-state index in [2.05, 4.69) is 28.3 Å². The maximum atomic E-state index is 5.10. The van der Waals surface area contributed by atoms with Crippen LogP contribution in [0.5, 0.6) is 0 Å². The van der Waals surface area contributed by atoms with Gasteiger partial charge in [-0.15, -0.1) is 0 Å². The van der Waals surface area contributed by atoms with Crippen molar-refractivity contribution < 1.29 is 4.74 Å². The molecule has 0 aromatic carbocycles. The summed E-state index contributed by atoms with van der Waals surface area (Å²) in [6.45, 7) is 1.37. The highest BCUT2D eigenvalue weighted by Gasteiger charge is 2.29. The Hall–Kier alpha value is -1.07. The molecule has 0 heterocycles. The smallest absolute Gasteiger partial charge is 0.185 e. The van der Waals surface area contributed by atoms with E-state index in [0.717, 1.165) is 18.9 Å². The molecule has 0 aliphatic heterocycles. The van der Waals surface area contributed by atoms with E-state index in [9.17, 15) is 0 Å². The van der Waals surface area contributed by atoms with Crippen LogP contribution in [0, 0.1) is 5.92 Å². The Kier molecular flexibility index (Phi) is 3.79. The summed E-state index contributed by atoms with van der Waals surface area (Å²) in [5, 5.41) is 3.65. The Balaban J connectivity index is 1.66. The van der Waals surface area contributed by atoms with Crippen molar-refractivity contribution in [3.8, 4) is 0 Å². The maximum absolute atomic E-state index is 5.10. The first-order chi connectivity index (χ1) is 7.81. The second-order valence-electron chi connectivity index (χ2n) is 3.97. The van der Waals surface area contributed by atoms with Crippen LogP contribution in [0.25, 0.3) is 0 Å². The fraction of sp³-hybridized carbons (Fsp3) is 0.545. The molecule has 0 unspecified atom stereocenters. The first kappa shape index (κ1) is 11.4. The van der Waals surface area contributed by atoms with E-state index < -0.39 is 0 Å². The van der Waals surface area contributed by atoms with Gasteiger partial charge in [-0.25, -0.2) is 0 Å². The van der Waals surface area contributed by atoms with Gasteiger partial charge in [0.2, 0.25) is 0 Å². The zero-order chi connectivity index (χ0) is 11.4. The van der Waals surface area contributed by atoms with Gasteiger partial charge < -0.3 is 15.5 Å². The third kappa shape index (κ3) is 2.54. The molecule has 0 bridgehead atoms. The lowest BCUT2D eigenvalue weighted by Gasteiger charge is -2.29. The third-order valence-electron chi connectivity index (χ3n) is 2.88. The number of hydrazine groups is 1. The van der Waals surface area contributed by atoms with Crippen molar-refractivity contribution in [3.63, 3.8) is 0 Å². The molecule has 0 saturated heterocycles. The molecule has 0 fully saturated rings. The average Bonchev–Trinajstić information content (AvgIpc) is 2.61. The number of methoxy groups -OCH3 is 1. The minimum Gasteiger partial charge on any atom is -0.383 e. The fourth-order valence-corrected chi connectivity index (χ4v) is 2.12. The molecule has 0 saturated carbocycles. The van der Waals surface area contributed by atoms with Crippen LogP contribution in [-0.4, -0.2) is 25.4 Å². The monoisotopic (exact) mass is 239 g/mol. The van der Waals surface area contributed by atoms with Crippen LogP contribution >= 0.6 is 12.2 Å². The first-order valence-electron chi connectivity index (χ1n) is 5.49. The van der Waals surface area contributed by atoms with Crippen molar-refractivity contribution in [3.05, 3.63) is 23.4 Å². The summed E-state index contributed by atoms with van der Waals surface area (Å²) in [6.07, 6.45) is 6.73. The molecule has 0 aromatic rings. The SMILES string of the molecule is COCCNC(=S)NNC1=C2C=CC[C@@H]2C1. The van der Waals surface area contributed by atoms with Crippen LogP contribution in [0.2, 0.25) is 0 Å². The molecule has 3 N–H and O–H groups in total. The molecule has 0 radical (unpaired) electrons. The Morgan fingerprint density at radius 1 is 1.62 bits per heavy atom. The van der Waals surface area contributed by atoms with E-state index >= 15 is 0 Å². The van der Waals surface area contributed by atoms with Crippen molar-refractivity contribution >= 4 is 17.3 Å². The van der Waals surface area contributed by atoms with E-state index in [1.807, 2.05) is 0 Å². The fourth-order valence-electron chi connectivity index (χ4n) is 1.96. The topological polar surface area (TPSA) is 45.3 Å². The molecule has 2 aliphatic rings. The molecule has 0 aromatic heterocycles. The van der Waals surface area contributed by atoms with Crippen LogP contribution in [0.1, 0.15) is 12.8 Å². The second kappa shape index (κ2) is 5.32. The standard InChI is InChI=1S/C11H17N3OS/c1-15-6-5-12-11(16)14-13-10-7-8-3-2-4-9(8)10/h2,4,8,13H,3,5-7H2,1H3,(H2,12,14,16)/t8-/m1/s1. The maximum Gasteiger partial charge on any atom is 0.185 e. The number of nitrogens with one attached hydrogen (secondary N) is 3. The van der Waals surface area contributed by atoms with E-state index in [4.69, 9.17) is 17.0 Å². The zero-order valence-electron chi connectivity index (χ0n) is 9.38. The number of hydrogen-bond acceptors (Lipinski definition) is 3. The number of rotatable bonds is 5. The quantitative estimate of drug-likeness (QED) is 0.377. The molecule has 5 heteroatoms. The summed E-state index contributed by atoms with van der Waals surface area (Å²) in [7, 11) is 1.67. The zero-order valence-corrected chi connectivity index (χ0v) is 10.2. The summed E-state index contributed by atoms with van der Waals surface area (Å²) in [5.41, 5.74) is 8.81. The number of ether oxygens (including phenoxy) is 1. The molecule has 88 valence electrons. The van der Waals surface area contributed by atoms with Crippen molar-refractivity contribution in [1.29, 1.82) is 0 Å². The van der Waals surface area contributed by atoms with Gasteiger partial charge in [0.25, 0.3) is 0 Å². The summed E-state index contributed by atoms with van der Waals surface area (Å²) in [5.74, 6) is 0.749. The van der Waals surface area contributed by atoms with Crippen LogP contribution in [0.4, 0.5) is 0 Å². The highest BCUT2D eigenvalue weighted by Crippen LogP contribution is 2.40. The van der Waals surface area contributed by atoms with Crippen LogP contribution in [-0.2, 0) is 4.74 Å². The number of hydrogen-bond donors (Lipinski definition) is 3. The molecule has 4 nitrogen and oxygen atoms in total. The summed E-state index contributed by atoms with van der Waals surface area (Å²) < 4.78 is 4.92. The Bertz CT molecular complexity index is 338. The normalized spacial score (nSPS) is 21.4. The number of fused-ring (bicyclic) bond motifs is 1. The van der Waals surface area contributed by atoms with Gasteiger partial charge in [-0.3, -0.25) is 5.43 Å². The van der Waals surface area contributed by atoms with Crippen molar-refractivity contribution in [1.82, 2.24) is 16.2 Å². The predicted octanol–water partition coefficient (Wildman–Crippen LogP) is 0.835. The van der Waals surface area contributed by atoms with Gasteiger partial charge >= 0.3 is 0 Å². The van der Waals surface area contributed by atoms with Crippen LogP contribution < -0.4 is 16.2 Å². The molecule has 0 spiro atoms. The Morgan fingerprint density at radius 2 is 2.50 bits per heavy atom. The van der Waals surface area contributed by atoms with Gasteiger partial charge in [0.1, 0.15) is 0 Å². The van der Waals surface area contributed by atoms with E-state index in [-0.39, 0.29) is 0 Å². The highest BCUT2D eigenvalue weighted by molar-refractivity contribution is 7.80. The van der Waals surface area contributed by atoms with Gasteiger partial charge in [0.15, 0.2) is 5.11 Å². The second-order valence-corrected chi connectivity index (χ2v) is 4.38. The third-order valence-corrected chi connectivity index (χ3v) is 3.12. The lowest BCUT2D eigenvalue weighted by atomic mass is 9.84. The van der Waals surface area contributed by atoms with Gasteiger partial charge in [0, 0.05) is 19.4 Å². The molecule has 1 atom stereocenters. The van der Waals surface area contributed by atoms with E-state index in [1.54, 1.807) is 7.11 Å². The lowest BCUT2D eigenvalue weighted by molar-refractivity contribution is 0.204. The summed E-state index contributed by atoms with van der Waals surface area (Å²) in [4.78, 5) is 0. The predicted molar refractivity (Wildman–Crippen MR) is 67.6 cm³/mol. The number of allylic oxidation sites excluding steroid dienone is 4. The minimum absolute atomic E-state index is 0.607. The van der Waals surface area contributed by atoms with Crippen molar-refractivity contribution in [2.75, 3.05) is 20.3 Å². The first-order valence-corrected chi connectivity index (χ1v) is 5.90. The summed E-state index contributed by atoms with van der Waals surface area (Å²) in [6, 6.07) is 0. The molecule has 2 aliphatic carbocycles. The van der Waals surface area contributed by atoms with E-state index in [1.165, 1.54) is 17.7 Å². The lowest BCUT2D eigenvalue weighted by Crippen LogP contribution is -2.46. The molecule has 16 heavy (non-hydrogen) atoms. The minimum atomic E-state index is 0.607. The van der Waals surface area contributed by atoms with Crippen LogP contribution in [0.15, 0.2) is 23.4 Å². The Morgan fingerprint density at radius 3 is 3.25 bits per heavy atom. The van der Waals surface area contributed by atoms with Crippen LogP contribution in [0.3, 0.4) is 0 Å². The van der Waals surface area contributed by atoms with Crippen molar-refractivity contribution in [2.24, 2.45) is 5.92 Å². The van der Waals surface area contributed by atoms with Crippen molar-refractivity contribution in [2.45, 2.75) is 12.8 Å². The van der Waals surface area contributed by atoms with Gasteiger partial charge in [-0.1, -0.05) is 12.2 Å². The molecular formula is C11H17N3OS.